The van der Waals surface area contributed by atoms with Gasteiger partial charge in [-0.05, 0) is 49.1 Å². The van der Waals surface area contributed by atoms with Crippen molar-refractivity contribution in [2.45, 2.75) is 25.2 Å². The Balaban J connectivity index is 1.64. The lowest BCUT2D eigenvalue weighted by Gasteiger charge is -2.25. The summed E-state index contributed by atoms with van der Waals surface area (Å²) in [5.41, 5.74) is 20.5. The molecule has 1 aliphatic carbocycles. The lowest BCUT2D eigenvalue weighted by molar-refractivity contribution is -0.120. The molecule has 0 aliphatic heterocycles. The van der Waals surface area contributed by atoms with E-state index >= 15 is 0 Å². The summed E-state index contributed by atoms with van der Waals surface area (Å²) in [7, 11) is 0. The Hall–Kier alpha value is -4.34. The minimum atomic E-state index is -0.736. The van der Waals surface area contributed by atoms with Crippen LogP contribution in [-0.4, -0.2) is 27.5 Å². The van der Waals surface area contributed by atoms with Gasteiger partial charge in [0.1, 0.15) is 11.6 Å². The first-order valence-corrected chi connectivity index (χ1v) is 10.9. The lowest BCUT2D eigenvalue weighted by Crippen LogP contribution is -2.20. The smallest absolute Gasteiger partial charge is 0.255 e. The molecule has 8 nitrogen and oxygen atoms in total. The Morgan fingerprint density at radius 1 is 1.17 bits per heavy atom. The molecule has 1 atom stereocenters. The summed E-state index contributed by atoms with van der Waals surface area (Å²) in [6.45, 7) is -0.290. The summed E-state index contributed by atoms with van der Waals surface area (Å²) in [5.74, 6) is -2.09. The monoisotopic (exact) mass is 478 g/mol. The molecule has 4 rings (SSSR count). The number of rotatable bonds is 7. The van der Waals surface area contributed by atoms with Crippen LogP contribution in [-0.2, 0) is 4.79 Å². The summed E-state index contributed by atoms with van der Waals surface area (Å²) >= 11 is 0. The van der Waals surface area contributed by atoms with Gasteiger partial charge in [-0.25, -0.2) is 18.7 Å². The normalized spacial score (nSPS) is 16.3. The Bertz CT molecular complexity index is 1300. The molecule has 10 heteroatoms. The number of pyridine rings is 1. The highest BCUT2D eigenvalue weighted by Gasteiger charge is 2.24. The average molecular weight is 479 g/mol. The number of primary amides is 1. The molecule has 0 spiro atoms. The molecule has 35 heavy (non-hydrogen) atoms. The van der Waals surface area contributed by atoms with E-state index in [1.54, 1.807) is 24.5 Å². The zero-order chi connectivity index (χ0) is 24.9. The van der Waals surface area contributed by atoms with Crippen molar-refractivity contribution in [1.29, 1.82) is 0 Å². The third-order valence-corrected chi connectivity index (χ3v) is 5.67. The van der Waals surface area contributed by atoms with Gasteiger partial charge in [0.15, 0.2) is 6.61 Å². The van der Waals surface area contributed by atoms with Crippen molar-refractivity contribution in [2.24, 2.45) is 17.2 Å². The van der Waals surface area contributed by atoms with Gasteiger partial charge < -0.3 is 21.9 Å². The molecule has 6 N–H and O–H groups in total. The van der Waals surface area contributed by atoms with E-state index in [9.17, 15) is 13.6 Å². The van der Waals surface area contributed by atoms with Crippen LogP contribution in [0.15, 0.2) is 66.3 Å². The van der Waals surface area contributed by atoms with Gasteiger partial charge in [-0.3, -0.25) is 9.78 Å². The predicted octanol–water partition coefficient (Wildman–Crippen LogP) is 3.16. The zero-order valence-electron chi connectivity index (χ0n) is 18.7. The summed E-state index contributed by atoms with van der Waals surface area (Å²) < 4.78 is 33.6. The Morgan fingerprint density at radius 2 is 1.94 bits per heavy atom. The fourth-order valence-corrected chi connectivity index (χ4v) is 4.00. The molecule has 2 heterocycles. The number of benzene rings is 1. The van der Waals surface area contributed by atoms with E-state index in [-0.39, 0.29) is 29.7 Å². The molecular formula is C25H24F2N6O2. The second-order valence-electron chi connectivity index (χ2n) is 8.09. The molecule has 3 aromatic rings. The molecule has 1 aliphatic rings. The minimum Gasteiger partial charge on any atom is -0.468 e. The highest BCUT2D eigenvalue weighted by atomic mass is 19.1. The summed E-state index contributed by atoms with van der Waals surface area (Å²) in [6, 6.07) is 6.97. The maximum absolute atomic E-state index is 14.2. The fourth-order valence-electron chi connectivity index (χ4n) is 4.00. The van der Waals surface area contributed by atoms with Crippen LogP contribution in [0.3, 0.4) is 0 Å². The molecular weight excluding hydrogens is 454 g/mol. The molecule has 2 aromatic heterocycles. The number of carbonyl (C=O) groups is 1. The highest BCUT2D eigenvalue weighted by molar-refractivity contribution is 5.75. The van der Waals surface area contributed by atoms with E-state index in [0.717, 1.165) is 25.0 Å². The minimum absolute atomic E-state index is 0.0284. The van der Waals surface area contributed by atoms with Crippen LogP contribution in [0.1, 0.15) is 36.4 Å². The van der Waals surface area contributed by atoms with Crippen molar-refractivity contribution >= 4 is 11.6 Å². The Labute approximate surface area is 200 Å². The Morgan fingerprint density at radius 3 is 2.69 bits per heavy atom. The van der Waals surface area contributed by atoms with Crippen LogP contribution in [0.5, 0.6) is 5.88 Å². The number of nitrogens with zero attached hydrogens (tertiary/aromatic N) is 3. The zero-order valence-corrected chi connectivity index (χ0v) is 18.7. The number of aromatic nitrogens is 3. The maximum Gasteiger partial charge on any atom is 0.255 e. The Kier molecular flexibility index (Phi) is 7.00. The van der Waals surface area contributed by atoms with E-state index in [0.29, 0.717) is 34.6 Å². The first kappa shape index (κ1) is 23.8. The van der Waals surface area contributed by atoms with Crippen LogP contribution in [0, 0.1) is 11.6 Å². The van der Waals surface area contributed by atoms with Crippen LogP contribution in [0.2, 0.25) is 0 Å². The summed E-state index contributed by atoms with van der Waals surface area (Å²) in [5, 5.41) is 0. The summed E-state index contributed by atoms with van der Waals surface area (Å²) in [6.07, 6.45) is 8.44. The number of hydrogen-bond donors (Lipinski definition) is 3. The number of carbonyl (C=O) groups excluding carboxylic acids is 1. The first-order valence-electron chi connectivity index (χ1n) is 10.9. The molecule has 0 saturated heterocycles. The van der Waals surface area contributed by atoms with Crippen LogP contribution < -0.4 is 21.9 Å². The molecule has 0 bridgehead atoms. The number of allylic oxidation sites excluding steroid dienone is 3. The van der Waals surface area contributed by atoms with Crippen LogP contribution in [0.4, 0.5) is 8.78 Å². The number of amides is 1. The number of hydrogen-bond acceptors (Lipinski definition) is 7. The number of ether oxygens (including phenoxy) is 1. The SMILES string of the molecule is NC(=O)COc1cc(-c2cncc(C3CCCC(/C=C(\N)c4c(F)cccc4F)=C3N)n2)ccn1. The van der Waals surface area contributed by atoms with Gasteiger partial charge in [-0.15, -0.1) is 0 Å². The quantitative estimate of drug-likeness (QED) is 0.473. The van der Waals surface area contributed by atoms with E-state index in [2.05, 4.69) is 9.97 Å². The molecule has 180 valence electrons. The van der Waals surface area contributed by atoms with Gasteiger partial charge in [0.25, 0.3) is 5.91 Å². The lowest BCUT2D eigenvalue weighted by atomic mass is 9.84. The number of halogens is 2. The number of nitrogens with two attached hydrogens (primary N) is 3. The second kappa shape index (κ2) is 10.3. The van der Waals surface area contributed by atoms with E-state index < -0.39 is 17.5 Å². The predicted molar refractivity (Wildman–Crippen MR) is 126 cm³/mol. The van der Waals surface area contributed by atoms with Gasteiger partial charge in [0.2, 0.25) is 5.88 Å². The molecule has 1 amide bonds. The van der Waals surface area contributed by atoms with Gasteiger partial charge in [-0.1, -0.05) is 6.07 Å². The van der Waals surface area contributed by atoms with Crippen molar-refractivity contribution in [1.82, 2.24) is 15.0 Å². The van der Waals surface area contributed by atoms with Crippen molar-refractivity contribution in [3.05, 3.63) is 89.2 Å². The molecule has 1 aromatic carbocycles. The highest BCUT2D eigenvalue weighted by Crippen LogP contribution is 2.36. The molecule has 0 fully saturated rings. The van der Waals surface area contributed by atoms with Crippen molar-refractivity contribution in [3.63, 3.8) is 0 Å². The average Bonchev–Trinajstić information content (AvgIpc) is 2.84. The first-order chi connectivity index (χ1) is 16.8. The van der Waals surface area contributed by atoms with Gasteiger partial charge in [0.05, 0.1) is 23.1 Å². The van der Waals surface area contributed by atoms with Crippen molar-refractivity contribution in [3.8, 4) is 17.1 Å². The molecule has 0 saturated carbocycles. The maximum atomic E-state index is 14.2. The summed E-state index contributed by atoms with van der Waals surface area (Å²) in [4.78, 5) is 24.1. The fraction of sp³-hybridized carbons (Fsp3) is 0.200. The second-order valence-corrected chi connectivity index (χ2v) is 8.09. The van der Waals surface area contributed by atoms with E-state index in [1.165, 1.54) is 18.3 Å². The molecule has 0 radical (unpaired) electrons. The molecule has 1 unspecified atom stereocenters. The van der Waals surface area contributed by atoms with Crippen LogP contribution >= 0.6 is 0 Å². The van der Waals surface area contributed by atoms with Gasteiger partial charge >= 0.3 is 0 Å². The third kappa shape index (κ3) is 5.43. The largest absolute Gasteiger partial charge is 0.468 e. The van der Waals surface area contributed by atoms with Gasteiger partial charge in [-0.2, -0.15) is 0 Å². The third-order valence-electron chi connectivity index (χ3n) is 5.67. The van der Waals surface area contributed by atoms with E-state index in [1.807, 2.05) is 0 Å². The van der Waals surface area contributed by atoms with Crippen molar-refractivity contribution in [2.75, 3.05) is 6.61 Å². The van der Waals surface area contributed by atoms with Crippen molar-refractivity contribution < 1.29 is 18.3 Å². The standard InChI is InChI=1S/C25H24F2N6O2/c26-17-5-2-6-18(27)24(17)19(28)9-15-3-1-4-16(25(15)30)21-12-31-11-20(33-21)14-7-8-32-23(10-14)35-13-22(29)34/h2,5-12,16H,1,3-4,13,28,30H2,(H2,29,34)/b19-9-. The van der Waals surface area contributed by atoms with Crippen LogP contribution in [0.25, 0.3) is 17.0 Å². The topological polar surface area (TPSA) is 143 Å². The van der Waals surface area contributed by atoms with E-state index in [4.69, 9.17) is 26.9 Å². The van der Waals surface area contributed by atoms with Gasteiger partial charge in [0, 0.05) is 41.3 Å².